The molecule has 1 aliphatic heterocycles. The van der Waals surface area contributed by atoms with Crippen LogP contribution in [0.3, 0.4) is 0 Å². The summed E-state index contributed by atoms with van der Waals surface area (Å²) in [5.41, 5.74) is 0.481. The van der Waals surface area contributed by atoms with Crippen LogP contribution in [-0.4, -0.2) is 25.8 Å². The van der Waals surface area contributed by atoms with Crippen LogP contribution in [0.15, 0.2) is 39.9 Å². The van der Waals surface area contributed by atoms with Crippen molar-refractivity contribution < 1.29 is 41.3 Å². The van der Waals surface area contributed by atoms with Gasteiger partial charge >= 0.3 is 18.9 Å². The average molecular weight is 319 g/mol. The monoisotopic (exact) mass is 319 g/mol. The molecule has 1 aliphatic rings. The van der Waals surface area contributed by atoms with Gasteiger partial charge in [-0.15, -0.1) is 11.3 Å². The third-order valence-electron chi connectivity index (χ3n) is 2.70. The summed E-state index contributed by atoms with van der Waals surface area (Å²) in [6, 6.07) is 5.67. The summed E-state index contributed by atoms with van der Waals surface area (Å²) >= 11 is 1.47. The van der Waals surface area contributed by atoms with Crippen molar-refractivity contribution in [2.75, 3.05) is 11.9 Å². The Morgan fingerprint density at radius 1 is 1.29 bits per heavy atom. The van der Waals surface area contributed by atoms with Crippen molar-refractivity contribution in [2.45, 2.75) is 11.1 Å². The molecule has 6 nitrogen and oxygen atoms in total. The minimum absolute atomic E-state index is 0. The second-order valence-corrected chi connectivity index (χ2v) is 6.27. The van der Waals surface area contributed by atoms with Crippen molar-refractivity contribution >= 4 is 27.1 Å². The van der Waals surface area contributed by atoms with E-state index in [9.17, 15) is 13.0 Å². The molecule has 3 rings (SSSR count). The van der Waals surface area contributed by atoms with E-state index in [-0.39, 0.29) is 30.4 Å². The van der Waals surface area contributed by atoms with E-state index in [0.717, 1.165) is 0 Å². The van der Waals surface area contributed by atoms with Gasteiger partial charge in [-0.3, -0.25) is 0 Å². The first-order valence-corrected chi connectivity index (χ1v) is 8.05. The molecule has 1 atom stereocenters. The average Bonchev–Trinajstić information content (AvgIpc) is 2.85. The maximum atomic E-state index is 11.0. The molecule has 2 heterocycles. The Hall–Kier alpha value is -1.17. The van der Waals surface area contributed by atoms with E-state index < -0.39 is 16.3 Å². The van der Waals surface area contributed by atoms with Crippen LogP contribution in [0.2, 0.25) is 0 Å². The van der Waals surface area contributed by atoms with Gasteiger partial charge in [-0.2, -0.15) is 0 Å². The molecular weight excluding hydrogens is 309 g/mol. The quantitative estimate of drug-likeness (QED) is 0.569. The number of thiophene rings is 1. The number of benzene rings is 1. The molecule has 1 N–H and O–H groups in total. The van der Waals surface area contributed by atoms with Crippen LogP contribution in [0.25, 0.3) is 0 Å². The van der Waals surface area contributed by atoms with Crippen molar-refractivity contribution in [3.8, 4) is 11.5 Å². The van der Waals surface area contributed by atoms with Crippen molar-refractivity contribution in [2.24, 2.45) is 0 Å². The van der Waals surface area contributed by atoms with Gasteiger partial charge in [0.15, 0.2) is 11.5 Å². The van der Waals surface area contributed by atoms with Crippen LogP contribution in [0, 0.1) is 0 Å². The van der Waals surface area contributed by atoms with E-state index in [1.807, 2.05) is 10.8 Å². The second-order valence-electron chi connectivity index (χ2n) is 4.14. The number of anilines is 1. The van der Waals surface area contributed by atoms with Gasteiger partial charge in [0.2, 0.25) is 6.23 Å². The summed E-state index contributed by atoms with van der Waals surface area (Å²) in [7, 11) is -4.47. The number of fused-ring (bicyclic) bond motifs is 1. The molecule has 0 radical (unpaired) electrons. The number of hydrogen-bond acceptors (Lipinski definition) is 7. The first-order valence-electron chi connectivity index (χ1n) is 5.70. The fourth-order valence-electron chi connectivity index (χ4n) is 1.82. The normalized spacial score (nSPS) is 16.9. The maximum absolute atomic E-state index is 11.0. The Morgan fingerprint density at radius 2 is 2.05 bits per heavy atom. The van der Waals surface area contributed by atoms with E-state index >= 15 is 0 Å². The maximum Gasteiger partial charge on any atom is 1.00 e. The Labute approximate surface area is 138 Å². The molecular formula is C12H10LiNO5S2. The predicted molar refractivity (Wildman–Crippen MR) is 72.3 cm³/mol. The third kappa shape index (κ3) is 3.73. The van der Waals surface area contributed by atoms with Crippen LogP contribution in [0.5, 0.6) is 11.5 Å². The van der Waals surface area contributed by atoms with E-state index in [1.54, 1.807) is 6.07 Å². The van der Waals surface area contributed by atoms with E-state index in [0.29, 0.717) is 17.2 Å². The summed E-state index contributed by atoms with van der Waals surface area (Å²) in [5, 5.41) is 6.64. The molecule has 1 aromatic heterocycles. The SMILES string of the molecule is O=S(=O)([O-])c1cccc(NC2COc3cscc3O2)c1.[Li+]. The van der Waals surface area contributed by atoms with Gasteiger partial charge in [-0.25, -0.2) is 8.42 Å². The Balaban J connectivity index is 0.00000161. The zero-order chi connectivity index (χ0) is 14.2. The molecule has 0 bridgehead atoms. The van der Waals surface area contributed by atoms with Gasteiger partial charge < -0.3 is 19.3 Å². The summed E-state index contributed by atoms with van der Waals surface area (Å²) < 4.78 is 44.0. The van der Waals surface area contributed by atoms with Crippen molar-refractivity contribution in [3.05, 3.63) is 35.0 Å². The van der Waals surface area contributed by atoms with Crippen LogP contribution < -0.4 is 33.7 Å². The van der Waals surface area contributed by atoms with E-state index in [2.05, 4.69) is 5.32 Å². The molecule has 1 unspecified atom stereocenters. The first-order chi connectivity index (χ1) is 9.52. The van der Waals surface area contributed by atoms with Crippen molar-refractivity contribution in [1.82, 2.24) is 0 Å². The molecule has 106 valence electrons. The molecule has 9 heteroatoms. The van der Waals surface area contributed by atoms with Crippen LogP contribution in [0.1, 0.15) is 0 Å². The van der Waals surface area contributed by atoms with Gasteiger partial charge in [-0.05, 0) is 18.2 Å². The largest absolute Gasteiger partial charge is 1.00 e. The third-order valence-corrected chi connectivity index (χ3v) is 4.23. The topological polar surface area (TPSA) is 87.7 Å². The predicted octanol–water partition coefficient (Wildman–Crippen LogP) is -1.13. The summed E-state index contributed by atoms with van der Waals surface area (Å²) in [4.78, 5) is -0.282. The molecule has 0 saturated heterocycles. The number of hydrogen-bond donors (Lipinski definition) is 1. The Morgan fingerprint density at radius 3 is 2.81 bits per heavy atom. The van der Waals surface area contributed by atoms with Crippen LogP contribution in [-0.2, 0) is 10.1 Å². The standard InChI is InChI=1S/C12H11NO5S2.Li/c14-20(15,16)9-3-1-2-8(4-9)13-12-5-17-10-6-19-7-11(10)18-12;/h1-4,6-7,12-13H,5H2,(H,14,15,16);/q;+1/p-1. The Kier molecular flexibility index (Phi) is 4.86. The molecule has 0 aliphatic carbocycles. The smallest absolute Gasteiger partial charge is 0.744 e. The zero-order valence-corrected chi connectivity index (χ0v) is 12.7. The van der Waals surface area contributed by atoms with Crippen molar-refractivity contribution in [3.63, 3.8) is 0 Å². The van der Waals surface area contributed by atoms with Crippen molar-refractivity contribution in [1.29, 1.82) is 0 Å². The molecule has 1 aromatic carbocycles. The van der Waals surface area contributed by atoms with Crippen LogP contribution >= 0.6 is 11.3 Å². The summed E-state index contributed by atoms with van der Waals surface area (Å²) in [6.45, 7) is 0.290. The molecule has 21 heavy (non-hydrogen) atoms. The number of ether oxygens (including phenoxy) is 2. The number of rotatable bonds is 3. The number of nitrogens with one attached hydrogen (secondary N) is 1. The molecule has 2 aromatic rings. The first kappa shape index (κ1) is 16.2. The van der Waals surface area contributed by atoms with Crippen LogP contribution in [0.4, 0.5) is 5.69 Å². The van der Waals surface area contributed by atoms with Gasteiger partial charge in [0.05, 0.1) is 4.90 Å². The molecule has 0 spiro atoms. The minimum Gasteiger partial charge on any atom is -0.744 e. The minimum atomic E-state index is -4.47. The molecule has 0 saturated carbocycles. The van der Waals surface area contributed by atoms with Gasteiger partial charge in [0.25, 0.3) is 0 Å². The molecule has 0 fully saturated rings. The van der Waals surface area contributed by atoms with Gasteiger partial charge in [-0.1, -0.05) is 6.07 Å². The fourth-order valence-corrected chi connectivity index (χ4v) is 3.00. The van der Waals surface area contributed by atoms with Gasteiger partial charge in [0.1, 0.15) is 16.7 Å². The summed E-state index contributed by atoms with van der Waals surface area (Å²) in [5.74, 6) is 1.34. The Bertz CT molecular complexity index is 731. The zero-order valence-electron chi connectivity index (χ0n) is 11.1. The fraction of sp³-hybridized carbons (Fsp3) is 0.167. The second kappa shape index (κ2) is 6.30. The van der Waals surface area contributed by atoms with E-state index in [4.69, 9.17) is 9.47 Å². The van der Waals surface area contributed by atoms with Gasteiger partial charge in [0, 0.05) is 16.4 Å². The van der Waals surface area contributed by atoms with E-state index in [1.165, 1.54) is 29.5 Å². The summed E-state index contributed by atoms with van der Waals surface area (Å²) in [6.07, 6.45) is -0.443. The molecule has 0 amide bonds.